The van der Waals surface area contributed by atoms with Gasteiger partial charge >= 0.3 is 5.69 Å². The molecule has 0 radical (unpaired) electrons. The minimum absolute atomic E-state index is 0.0149. The molecule has 1 aliphatic carbocycles. The van der Waals surface area contributed by atoms with Crippen molar-refractivity contribution in [2.24, 2.45) is 12.5 Å². The van der Waals surface area contributed by atoms with E-state index in [0.29, 0.717) is 24.6 Å². The van der Waals surface area contributed by atoms with E-state index in [1.807, 2.05) is 25.1 Å². The van der Waals surface area contributed by atoms with Crippen LogP contribution in [0.2, 0.25) is 0 Å². The maximum Gasteiger partial charge on any atom is 0.329 e. The zero-order chi connectivity index (χ0) is 36.2. The van der Waals surface area contributed by atoms with Gasteiger partial charge in [-0.3, -0.25) is 28.8 Å². The molecule has 4 fully saturated rings. The normalized spacial score (nSPS) is 23.5. The Balaban J connectivity index is 0.746. The first kappa shape index (κ1) is 32.7. The van der Waals surface area contributed by atoms with Crippen LogP contribution in [0.1, 0.15) is 61.2 Å². The van der Waals surface area contributed by atoms with Crippen molar-refractivity contribution in [3.05, 3.63) is 57.8 Å². The number of hydrogen-bond acceptors (Lipinski definition) is 10. The summed E-state index contributed by atoms with van der Waals surface area (Å²) in [5, 5.41) is 11.1. The number of nitrogens with one attached hydrogen (secondary N) is 3. The van der Waals surface area contributed by atoms with E-state index in [0.717, 1.165) is 100 Å². The molecule has 4 aliphatic heterocycles. The van der Waals surface area contributed by atoms with E-state index in [2.05, 4.69) is 50.0 Å². The molecule has 2 aromatic carbocycles. The zero-order valence-electron chi connectivity index (χ0n) is 29.8. The first-order valence-corrected chi connectivity index (χ1v) is 19.6. The number of benzene rings is 2. The molecule has 5 aliphatic rings. The number of hydrogen-bond donors (Lipinski definition) is 3. The Morgan fingerprint density at radius 2 is 1.74 bits per heavy atom. The average molecular weight is 735 g/mol. The van der Waals surface area contributed by atoms with Crippen LogP contribution in [0.25, 0.3) is 32.0 Å². The highest BCUT2D eigenvalue weighted by Crippen LogP contribution is 2.51. The molecule has 1 spiro atoms. The lowest BCUT2D eigenvalue weighted by molar-refractivity contribution is -0.135. The van der Waals surface area contributed by atoms with Crippen LogP contribution in [-0.2, 0) is 21.4 Å². The highest BCUT2D eigenvalue weighted by Gasteiger charge is 2.53. The number of piperidine rings is 2. The number of aromatic nitrogens is 3. The fourth-order valence-electron chi connectivity index (χ4n) is 9.37. The molecule has 5 aromatic rings. The van der Waals surface area contributed by atoms with Crippen molar-refractivity contribution in [3.63, 3.8) is 0 Å². The van der Waals surface area contributed by atoms with Crippen LogP contribution < -0.4 is 31.4 Å². The van der Waals surface area contributed by atoms with Gasteiger partial charge in [0.25, 0.3) is 5.91 Å². The van der Waals surface area contributed by atoms with Crippen molar-refractivity contribution in [3.8, 4) is 0 Å². The Morgan fingerprint density at radius 3 is 2.53 bits per heavy atom. The van der Waals surface area contributed by atoms with Crippen LogP contribution in [-0.4, -0.2) is 82.8 Å². The number of imide groups is 1. The molecular weight excluding hydrogens is 693 g/mol. The van der Waals surface area contributed by atoms with Gasteiger partial charge in [-0.15, -0.1) is 11.3 Å². The molecule has 1 saturated carbocycles. The Morgan fingerprint density at radius 1 is 0.925 bits per heavy atom. The molecule has 3 amide bonds. The van der Waals surface area contributed by atoms with Crippen molar-refractivity contribution in [2.75, 3.05) is 47.8 Å². The fourth-order valence-corrected chi connectivity index (χ4v) is 10.5. The second-order valence-corrected chi connectivity index (χ2v) is 16.8. The van der Waals surface area contributed by atoms with Crippen LogP contribution in [0.15, 0.2) is 47.3 Å². The van der Waals surface area contributed by atoms with E-state index in [9.17, 15) is 19.2 Å². The number of thiophene rings is 1. The highest BCUT2D eigenvalue weighted by atomic mass is 32.1. The van der Waals surface area contributed by atoms with Crippen molar-refractivity contribution < 1.29 is 19.1 Å². The monoisotopic (exact) mass is 734 g/mol. The topological polar surface area (TPSA) is 143 Å². The van der Waals surface area contributed by atoms with Gasteiger partial charge in [0.2, 0.25) is 11.8 Å². The van der Waals surface area contributed by atoms with Crippen LogP contribution >= 0.6 is 11.3 Å². The molecule has 2 atom stereocenters. The molecule has 13 nitrogen and oxygen atoms in total. The minimum Gasteiger partial charge on any atom is -0.381 e. The van der Waals surface area contributed by atoms with E-state index in [-0.39, 0.29) is 41.5 Å². The quantitative estimate of drug-likeness (QED) is 0.226. The van der Waals surface area contributed by atoms with Crippen LogP contribution in [0.3, 0.4) is 0 Å². The summed E-state index contributed by atoms with van der Waals surface area (Å²) in [4.78, 5) is 60.8. The van der Waals surface area contributed by atoms with Gasteiger partial charge in [-0.05, 0) is 81.5 Å². The van der Waals surface area contributed by atoms with Crippen LogP contribution in [0, 0.1) is 5.41 Å². The summed E-state index contributed by atoms with van der Waals surface area (Å²) in [5.41, 5.74) is 4.47. The number of imidazole rings is 1. The second kappa shape index (κ2) is 12.0. The summed E-state index contributed by atoms with van der Waals surface area (Å²) in [6.07, 6.45) is 5.18. The van der Waals surface area contributed by atoms with E-state index in [1.165, 1.54) is 15.9 Å². The SMILES string of the molecule is C[C@@H]1CNc2c(sc3ccc4nc(N5CCC(OC6CC7(C6)CN(c6ccc8c(c6)n(C)c(=O)n8C6CCC(=O)NC6=O)C7)CC5)ccc4c23)C(=O)N1. The number of amides is 3. The highest BCUT2D eigenvalue weighted by molar-refractivity contribution is 7.21. The Hall–Kier alpha value is -4.95. The number of carbonyl (C=O) groups is 3. The fraction of sp³-hybridized carbons (Fsp3) is 0.462. The smallest absolute Gasteiger partial charge is 0.329 e. The van der Waals surface area contributed by atoms with Crippen LogP contribution in [0.5, 0.6) is 0 Å². The summed E-state index contributed by atoms with van der Waals surface area (Å²) in [7, 11) is 1.74. The standard InChI is InChI=1S/C39H42N8O5S/c1-21-18-40-34-33-25-4-9-31(42-26(25)5-8-30(33)53-35(34)37(50)41-21)45-13-11-23(12-14-45)52-24-16-39(17-24)19-46(20-39)22-3-6-27-29(15-22)44(2)38(51)47(27)28-7-10-32(48)43-36(28)49/h3-6,8-9,15,21,23-24,28,40H,7,10-14,16-20H2,1-2H3,(H,41,50)(H,43,48,49)/t21-,28?/m1/s1. The van der Waals surface area contributed by atoms with Gasteiger partial charge in [-0.25, -0.2) is 9.78 Å². The summed E-state index contributed by atoms with van der Waals surface area (Å²) in [5.74, 6) is 0.259. The van der Waals surface area contributed by atoms with Gasteiger partial charge in [0.15, 0.2) is 0 Å². The number of fused-ring (bicyclic) bond motifs is 6. The number of aryl methyl sites for hydroxylation is 1. The predicted octanol–water partition coefficient (Wildman–Crippen LogP) is 4.28. The molecule has 1 unspecified atom stereocenters. The Bertz CT molecular complexity index is 2410. The number of ether oxygens (including phenoxy) is 1. The molecule has 3 N–H and O–H groups in total. The van der Waals surface area contributed by atoms with E-state index >= 15 is 0 Å². The van der Waals surface area contributed by atoms with Crippen molar-refractivity contribution in [1.29, 1.82) is 0 Å². The number of carbonyl (C=O) groups excluding carboxylic acids is 3. The van der Waals surface area contributed by atoms with Crippen LogP contribution in [0.4, 0.5) is 17.2 Å². The average Bonchev–Trinajstić information content (AvgIpc) is 3.57. The summed E-state index contributed by atoms with van der Waals surface area (Å²) in [6.45, 7) is 6.45. The first-order valence-electron chi connectivity index (χ1n) is 18.7. The first-order chi connectivity index (χ1) is 25.6. The molecule has 0 bridgehead atoms. The maximum absolute atomic E-state index is 13.2. The molecule has 10 rings (SSSR count). The third kappa shape index (κ3) is 5.31. The number of rotatable bonds is 5. The van der Waals surface area contributed by atoms with E-state index in [4.69, 9.17) is 9.72 Å². The van der Waals surface area contributed by atoms with Gasteiger partial charge in [-0.2, -0.15) is 0 Å². The summed E-state index contributed by atoms with van der Waals surface area (Å²) in [6, 6.07) is 13.8. The van der Waals surface area contributed by atoms with Crippen molar-refractivity contribution in [2.45, 2.75) is 69.7 Å². The van der Waals surface area contributed by atoms with Crippen molar-refractivity contribution in [1.82, 2.24) is 24.8 Å². The minimum atomic E-state index is -0.681. The Kier molecular flexibility index (Phi) is 7.42. The lowest BCUT2D eigenvalue weighted by Gasteiger charge is -2.60. The van der Waals surface area contributed by atoms with E-state index in [1.54, 1.807) is 11.6 Å². The third-order valence-electron chi connectivity index (χ3n) is 12.2. The summed E-state index contributed by atoms with van der Waals surface area (Å²) >= 11 is 1.53. The molecule has 53 heavy (non-hydrogen) atoms. The largest absolute Gasteiger partial charge is 0.381 e. The summed E-state index contributed by atoms with van der Waals surface area (Å²) < 4.78 is 10.9. The lowest BCUT2D eigenvalue weighted by atomic mass is 9.61. The van der Waals surface area contributed by atoms with Gasteiger partial charge in [0.1, 0.15) is 16.7 Å². The van der Waals surface area contributed by atoms with Gasteiger partial charge in [-0.1, -0.05) is 0 Å². The van der Waals surface area contributed by atoms with Gasteiger partial charge in [0.05, 0.1) is 34.4 Å². The van der Waals surface area contributed by atoms with Gasteiger partial charge in [0, 0.05) is 78.8 Å². The molecular formula is C39H42N8O5S. The Labute approximate surface area is 309 Å². The number of pyridine rings is 1. The molecule has 3 saturated heterocycles. The molecule has 14 heteroatoms. The van der Waals surface area contributed by atoms with Gasteiger partial charge < -0.3 is 25.2 Å². The van der Waals surface area contributed by atoms with Crippen molar-refractivity contribution >= 4 is 78.3 Å². The molecule has 274 valence electrons. The maximum atomic E-state index is 13.2. The predicted molar refractivity (Wildman–Crippen MR) is 205 cm³/mol. The number of anilines is 3. The number of nitrogens with zero attached hydrogens (tertiary/aromatic N) is 5. The molecule has 7 heterocycles. The lowest BCUT2D eigenvalue weighted by Crippen LogP contribution is -2.64. The van der Waals surface area contributed by atoms with E-state index < -0.39 is 11.9 Å². The zero-order valence-corrected chi connectivity index (χ0v) is 30.6. The molecule has 3 aromatic heterocycles. The third-order valence-corrected chi connectivity index (χ3v) is 13.3. The second-order valence-electron chi connectivity index (χ2n) is 15.8.